The van der Waals surface area contributed by atoms with Gasteiger partial charge in [0.15, 0.2) is 0 Å². The van der Waals surface area contributed by atoms with Crippen LogP contribution in [0.25, 0.3) is 0 Å². The van der Waals surface area contributed by atoms with Crippen LogP contribution in [0.1, 0.15) is 26.2 Å². The first-order chi connectivity index (χ1) is 4.66. The predicted molar refractivity (Wildman–Crippen MR) is 37.6 cm³/mol. The van der Waals surface area contributed by atoms with E-state index in [4.69, 9.17) is 10.2 Å². The van der Waals surface area contributed by atoms with E-state index in [1.165, 1.54) is 0 Å². The second-order valence-electron chi connectivity index (χ2n) is 2.48. The van der Waals surface area contributed by atoms with Gasteiger partial charge in [0.2, 0.25) is 0 Å². The van der Waals surface area contributed by atoms with Gasteiger partial charge >= 0.3 is 0 Å². The molecule has 0 aliphatic heterocycles. The van der Waals surface area contributed by atoms with Crippen LogP contribution in [0.5, 0.6) is 0 Å². The molecule has 0 aromatic rings. The molecule has 0 aromatic carbocycles. The highest BCUT2D eigenvalue weighted by atomic mass is 16.3. The molecule has 0 bridgehead atoms. The van der Waals surface area contributed by atoms with Crippen LogP contribution in [-0.4, -0.2) is 28.7 Å². The molecule has 0 aliphatic carbocycles. The lowest BCUT2D eigenvalue weighted by Crippen LogP contribution is -2.09. The van der Waals surface area contributed by atoms with E-state index >= 15 is 0 Å². The Hall–Kier alpha value is -0.410. The fourth-order valence-electron chi connectivity index (χ4n) is 0.690. The van der Waals surface area contributed by atoms with Gasteiger partial charge in [0.1, 0.15) is 12.4 Å². The highest BCUT2D eigenvalue weighted by Gasteiger charge is 2.01. The van der Waals surface area contributed by atoms with E-state index in [0.29, 0.717) is 25.5 Å². The summed E-state index contributed by atoms with van der Waals surface area (Å²) in [5.41, 5.74) is 0. The Labute approximate surface area is 60.7 Å². The van der Waals surface area contributed by atoms with E-state index < -0.39 is 6.10 Å². The second kappa shape index (κ2) is 5.38. The van der Waals surface area contributed by atoms with Gasteiger partial charge in [-0.15, -0.1) is 0 Å². The first kappa shape index (κ1) is 9.59. The summed E-state index contributed by atoms with van der Waals surface area (Å²) < 4.78 is 0. The molecule has 0 rings (SSSR count). The van der Waals surface area contributed by atoms with Gasteiger partial charge in [0.05, 0.1) is 6.10 Å². The van der Waals surface area contributed by atoms with Gasteiger partial charge in [0.25, 0.3) is 0 Å². The standard InChI is InChI=1S/C7H14O3/c1-6(9)3-2-4-7(10)5-8/h5-7,9-10H,2-4H2,1H3. The summed E-state index contributed by atoms with van der Waals surface area (Å²) in [5.74, 6) is 0. The summed E-state index contributed by atoms with van der Waals surface area (Å²) in [5, 5.41) is 17.5. The fourth-order valence-corrected chi connectivity index (χ4v) is 0.690. The van der Waals surface area contributed by atoms with Crippen LogP contribution in [0.4, 0.5) is 0 Å². The van der Waals surface area contributed by atoms with E-state index in [9.17, 15) is 4.79 Å². The number of rotatable bonds is 5. The van der Waals surface area contributed by atoms with Crippen molar-refractivity contribution in [3.05, 3.63) is 0 Å². The SMILES string of the molecule is CC(O)CCCC(O)C=O. The normalized spacial score (nSPS) is 16.3. The molecule has 10 heavy (non-hydrogen) atoms. The zero-order valence-corrected chi connectivity index (χ0v) is 6.16. The molecular formula is C7H14O3. The number of carbonyl (C=O) groups excluding carboxylic acids is 1. The van der Waals surface area contributed by atoms with Gasteiger partial charge in [0, 0.05) is 0 Å². The number of aliphatic hydroxyl groups is 2. The first-order valence-corrected chi connectivity index (χ1v) is 3.48. The van der Waals surface area contributed by atoms with E-state index in [0.717, 1.165) is 0 Å². The molecule has 0 aromatic heterocycles. The Morgan fingerprint density at radius 2 is 2.00 bits per heavy atom. The molecule has 2 atom stereocenters. The van der Waals surface area contributed by atoms with Gasteiger partial charge in [-0.3, -0.25) is 0 Å². The van der Waals surface area contributed by atoms with Crippen LogP contribution in [-0.2, 0) is 4.79 Å². The molecule has 0 amide bonds. The maximum atomic E-state index is 9.87. The lowest BCUT2D eigenvalue weighted by Gasteiger charge is -2.03. The Kier molecular flexibility index (Phi) is 5.16. The van der Waals surface area contributed by atoms with Crippen molar-refractivity contribution in [1.29, 1.82) is 0 Å². The Balaban J connectivity index is 3.11. The minimum absolute atomic E-state index is 0.334. The lowest BCUT2D eigenvalue weighted by atomic mass is 10.1. The smallest absolute Gasteiger partial charge is 0.148 e. The van der Waals surface area contributed by atoms with Crippen molar-refractivity contribution in [3.8, 4) is 0 Å². The largest absolute Gasteiger partial charge is 0.393 e. The topological polar surface area (TPSA) is 57.5 Å². The number of hydrogen-bond acceptors (Lipinski definition) is 3. The zero-order valence-electron chi connectivity index (χ0n) is 6.16. The molecule has 3 nitrogen and oxygen atoms in total. The van der Waals surface area contributed by atoms with Crippen molar-refractivity contribution >= 4 is 6.29 Å². The zero-order chi connectivity index (χ0) is 7.98. The third kappa shape index (κ3) is 5.72. The number of aliphatic hydroxyl groups excluding tert-OH is 2. The maximum Gasteiger partial charge on any atom is 0.148 e. The summed E-state index contributed by atoms with van der Waals surface area (Å²) in [7, 11) is 0. The molecule has 0 radical (unpaired) electrons. The molecule has 3 heteroatoms. The van der Waals surface area contributed by atoms with Crippen LogP contribution in [0.15, 0.2) is 0 Å². The minimum Gasteiger partial charge on any atom is -0.393 e. The van der Waals surface area contributed by atoms with Crippen LogP contribution in [0.2, 0.25) is 0 Å². The van der Waals surface area contributed by atoms with Gasteiger partial charge in [-0.25, -0.2) is 0 Å². The molecule has 2 N–H and O–H groups in total. The van der Waals surface area contributed by atoms with Gasteiger partial charge < -0.3 is 15.0 Å². The highest BCUT2D eigenvalue weighted by Crippen LogP contribution is 2.01. The number of aldehydes is 1. The predicted octanol–water partition coefficient (Wildman–Crippen LogP) is 0.0973. The molecular weight excluding hydrogens is 132 g/mol. The molecule has 2 unspecified atom stereocenters. The monoisotopic (exact) mass is 146 g/mol. The molecule has 0 aliphatic rings. The van der Waals surface area contributed by atoms with Crippen molar-refractivity contribution in [1.82, 2.24) is 0 Å². The van der Waals surface area contributed by atoms with E-state index in [1.54, 1.807) is 6.92 Å². The van der Waals surface area contributed by atoms with Gasteiger partial charge in [-0.1, -0.05) is 0 Å². The maximum absolute atomic E-state index is 9.87. The van der Waals surface area contributed by atoms with Crippen molar-refractivity contribution in [2.45, 2.75) is 38.4 Å². The Morgan fingerprint density at radius 3 is 2.40 bits per heavy atom. The molecule has 0 heterocycles. The van der Waals surface area contributed by atoms with Crippen LogP contribution < -0.4 is 0 Å². The number of carbonyl (C=O) groups is 1. The lowest BCUT2D eigenvalue weighted by molar-refractivity contribution is -0.115. The quantitative estimate of drug-likeness (QED) is 0.541. The molecule has 0 spiro atoms. The van der Waals surface area contributed by atoms with E-state index in [1.807, 2.05) is 0 Å². The summed E-state index contributed by atoms with van der Waals surface area (Å²) in [6.07, 6.45) is 1.12. The minimum atomic E-state index is -0.848. The average Bonchev–Trinajstić information content (AvgIpc) is 1.87. The van der Waals surface area contributed by atoms with Crippen LogP contribution in [0.3, 0.4) is 0 Å². The molecule has 60 valence electrons. The average molecular weight is 146 g/mol. The molecule has 0 saturated heterocycles. The first-order valence-electron chi connectivity index (χ1n) is 3.48. The van der Waals surface area contributed by atoms with E-state index in [2.05, 4.69) is 0 Å². The Morgan fingerprint density at radius 1 is 1.40 bits per heavy atom. The van der Waals surface area contributed by atoms with Crippen LogP contribution in [0, 0.1) is 0 Å². The highest BCUT2D eigenvalue weighted by molar-refractivity contribution is 5.55. The van der Waals surface area contributed by atoms with Crippen molar-refractivity contribution in [2.24, 2.45) is 0 Å². The third-order valence-corrected chi connectivity index (χ3v) is 1.28. The third-order valence-electron chi connectivity index (χ3n) is 1.28. The van der Waals surface area contributed by atoms with Crippen molar-refractivity contribution < 1.29 is 15.0 Å². The summed E-state index contributed by atoms with van der Waals surface area (Å²) >= 11 is 0. The molecule has 0 saturated carbocycles. The van der Waals surface area contributed by atoms with Gasteiger partial charge in [-0.2, -0.15) is 0 Å². The summed E-state index contributed by atoms with van der Waals surface area (Å²) in [6, 6.07) is 0. The summed E-state index contributed by atoms with van der Waals surface area (Å²) in [4.78, 5) is 9.87. The molecule has 0 fully saturated rings. The van der Waals surface area contributed by atoms with Gasteiger partial charge in [-0.05, 0) is 26.2 Å². The van der Waals surface area contributed by atoms with E-state index in [-0.39, 0.29) is 6.10 Å². The fraction of sp³-hybridized carbons (Fsp3) is 0.857. The summed E-state index contributed by atoms with van der Waals surface area (Å²) in [6.45, 7) is 1.69. The Bertz CT molecular complexity index is 90.9. The second-order valence-corrected chi connectivity index (χ2v) is 2.48. The van der Waals surface area contributed by atoms with Crippen molar-refractivity contribution in [2.75, 3.05) is 0 Å². The number of hydrogen-bond donors (Lipinski definition) is 2. The van der Waals surface area contributed by atoms with Crippen molar-refractivity contribution in [3.63, 3.8) is 0 Å². The van der Waals surface area contributed by atoms with Crippen LogP contribution >= 0.6 is 0 Å².